The molecular formula is C15H12F3N3O4S2. The first-order valence-electron chi connectivity index (χ1n) is 7.38. The number of nitrogens with zero attached hydrogens (tertiary/aromatic N) is 2. The summed E-state index contributed by atoms with van der Waals surface area (Å²) in [4.78, 5) is 26.2. The maximum Gasteiger partial charge on any atom is 0.431 e. The van der Waals surface area contributed by atoms with Gasteiger partial charge in [0, 0.05) is 17.2 Å². The average molecular weight is 419 g/mol. The second-order valence-electron chi connectivity index (χ2n) is 5.95. The minimum atomic E-state index is -4.87. The van der Waals surface area contributed by atoms with Gasteiger partial charge in [0.1, 0.15) is 5.69 Å². The molecule has 0 bridgehead atoms. The Labute approximate surface area is 154 Å². The highest BCUT2D eigenvalue weighted by atomic mass is 32.2. The molecule has 1 N–H and O–H groups in total. The third-order valence-corrected chi connectivity index (χ3v) is 5.46. The fourth-order valence-electron chi connectivity index (χ4n) is 2.61. The first-order chi connectivity index (χ1) is 12.4. The lowest BCUT2D eigenvalue weighted by atomic mass is 10.2. The van der Waals surface area contributed by atoms with Crippen molar-refractivity contribution in [1.29, 1.82) is 0 Å². The summed E-state index contributed by atoms with van der Waals surface area (Å²) in [6.07, 6.45) is -3.83. The molecule has 0 amide bonds. The molecule has 2 aromatic heterocycles. The molecule has 144 valence electrons. The largest absolute Gasteiger partial charge is 0.431 e. The molecule has 27 heavy (non-hydrogen) atoms. The zero-order chi connectivity index (χ0) is 20.1. The highest BCUT2D eigenvalue weighted by Crippen LogP contribution is 2.29. The van der Waals surface area contributed by atoms with Crippen LogP contribution in [0.15, 0.2) is 27.8 Å². The maximum absolute atomic E-state index is 12.9. The zero-order valence-corrected chi connectivity index (χ0v) is 15.5. The standard InChI is InChI=1S/C15H12F3N3O4S2/c1-7-12(15(16,17)18)19-14(23)21(13(7)22)8-3-4-11-9(5-8)10(20-26-11)6-27(2,24)25/h3-5H,6H2,1-2H3,(H,19,23). The molecule has 0 aliphatic heterocycles. The van der Waals surface area contributed by atoms with Crippen LogP contribution in [0.25, 0.3) is 15.8 Å². The van der Waals surface area contributed by atoms with Crippen LogP contribution in [0.3, 0.4) is 0 Å². The number of nitrogens with one attached hydrogen (secondary N) is 1. The molecule has 12 heteroatoms. The van der Waals surface area contributed by atoms with Gasteiger partial charge in [-0.15, -0.1) is 0 Å². The second kappa shape index (κ2) is 6.30. The van der Waals surface area contributed by atoms with E-state index < -0.39 is 38.5 Å². The van der Waals surface area contributed by atoms with Crippen LogP contribution < -0.4 is 11.2 Å². The second-order valence-corrected chi connectivity index (χ2v) is 8.89. The summed E-state index contributed by atoms with van der Waals surface area (Å²) in [6, 6.07) is 4.27. The lowest BCUT2D eigenvalue weighted by Gasteiger charge is -2.12. The minimum absolute atomic E-state index is 0.0144. The molecule has 0 saturated carbocycles. The molecule has 3 aromatic rings. The van der Waals surface area contributed by atoms with Crippen LogP contribution in [0.1, 0.15) is 17.0 Å². The Morgan fingerprint density at radius 1 is 1.26 bits per heavy atom. The van der Waals surface area contributed by atoms with Gasteiger partial charge in [0.25, 0.3) is 5.56 Å². The Bertz CT molecular complexity index is 1270. The minimum Gasteiger partial charge on any atom is -0.302 e. The smallest absolute Gasteiger partial charge is 0.302 e. The monoisotopic (exact) mass is 419 g/mol. The number of rotatable bonds is 3. The van der Waals surface area contributed by atoms with E-state index in [0.717, 1.165) is 24.7 Å². The summed E-state index contributed by atoms with van der Waals surface area (Å²) < 4.78 is 67.1. The van der Waals surface area contributed by atoms with Crippen molar-refractivity contribution in [2.45, 2.75) is 18.9 Å². The Hall–Kier alpha value is -2.47. The van der Waals surface area contributed by atoms with Crippen LogP contribution in [0.2, 0.25) is 0 Å². The highest BCUT2D eigenvalue weighted by molar-refractivity contribution is 7.89. The summed E-state index contributed by atoms with van der Waals surface area (Å²) in [5, 5.41) is 0.409. The van der Waals surface area contributed by atoms with Crippen molar-refractivity contribution < 1.29 is 21.6 Å². The summed E-state index contributed by atoms with van der Waals surface area (Å²) in [6.45, 7) is 0.970. The van der Waals surface area contributed by atoms with Gasteiger partial charge in [-0.3, -0.25) is 4.79 Å². The molecule has 0 aliphatic rings. The fourth-order valence-corrected chi connectivity index (χ4v) is 4.18. The number of H-pyrrole nitrogens is 1. The van der Waals surface area contributed by atoms with E-state index in [1.807, 2.05) is 0 Å². The van der Waals surface area contributed by atoms with Crippen molar-refractivity contribution in [3.8, 4) is 5.69 Å². The molecule has 1 aromatic carbocycles. The van der Waals surface area contributed by atoms with E-state index in [0.29, 0.717) is 14.7 Å². The van der Waals surface area contributed by atoms with Crippen LogP contribution >= 0.6 is 11.5 Å². The molecule has 0 unspecified atom stereocenters. The van der Waals surface area contributed by atoms with Crippen LogP contribution in [0.4, 0.5) is 13.2 Å². The van der Waals surface area contributed by atoms with E-state index in [1.54, 1.807) is 4.98 Å². The lowest BCUT2D eigenvalue weighted by Crippen LogP contribution is -2.38. The average Bonchev–Trinajstić information content (AvgIpc) is 2.90. The van der Waals surface area contributed by atoms with E-state index >= 15 is 0 Å². The number of halogens is 3. The van der Waals surface area contributed by atoms with Gasteiger partial charge in [0.15, 0.2) is 9.84 Å². The lowest BCUT2D eigenvalue weighted by molar-refractivity contribution is -0.142. The fraction of sp³-hybridized carbons (Fsp3) is 0.267. The third kappa shape index (κ3) is 3.67. The van der Waals surface area contributed by atoms with E-state index in [-0.39, 0.29) is 17.1 Å². The molecular weight excluding hydrogens is 407 g/mol. The highest BCUT2D eigenvalue weighted by Gasteiger charge is 2.35. The van der Waals surface area contributed by atoms with E-state index in [9.17, 15) is 31.2 Å². The SMILES string of the molecule is Cc1c(C(F)(F)F)[nH]c(=O)n(-c2ccc3snc(CS(C)(=O)=O)c3c2)c1=O. The van der Waals surface area contributed by atoms with E-state index in [1.165, 1.54) is 18.2 Å². The Balaban J connectivity index is 2.25. The molecule has 0 atom stereocenters. The maximum atomic E-state index is 12.9. The molecule has 0 radical (unpaired) electrons. The van der Waals surface area contributed by atoms with Gasteiger partial charge in [-0.2, -0.15) is 17.5 Å². The van der Waals surface area contributed by atoms with Crippen LogP contribution in [-0.2, 0) is 21.8 Å². The van der Waals surface area contributed by atoms with Crippen LogP contribution in [-0.4, -0.2) is 28.6 Å². The Morgan fingerprint density at radius 3 is 2.52 bits per heavy atom. The molecule has 0 aliphatic carbocycles. The quantitative estimate of drug-likeness (QED) is 0.700. The van der Waals surface area contributed by atoms with E-state index in [4.69, 9.17) is 0 Å². The zero-order valence-electron chi connectivity index (χ0n) is 13.9. The van der Waals surface area contributed by atoms with Gasteiger partial charge in [-0.1, -0.05) is 0 Å². The van der Waals surface area contributed by atoms with E-state index in [2.05, 4.69) is 4.37 Å². The summed E-state index contributed by atoms with van der Waals surface area (Å²) >= 11 is 1.04. The molecule has 0 spiro atoms. The number of alkyl halides is 3. The predicted octanol–water partition coefficient (Wildman–Crippen LogP) is 2.01. The van der Waals surface area contributed by atoms with Crippen LogP contribution in [0.5, 0.6) is 0 Å². The molecule has 0 fully saturated rings. The third-order valence-electron chi connectivity index (χ3n) is 3.80. The van der Waals surface area contributed by atoms with Crippen molar-refractivity contribution in [3.05, 3.63) is 56.0 Å². The number of hydrogen-bond acceptors (Lipinski definition) is 6. The van der Waals surface area contributed by atoms with Crippen molar-refractivity contribution in [3.63, 3.8) is 0 Å². The van der Waals surface area contributed by atoms with Gasteiger partial charge in [0.05, 0.1) is 21.8 Å². The molecule has 0 saturated heterocycles. The summed E-state index contributed by atoms with van der Waals surface area (Å²) in [7, 11) is -3.38. The Kier molecular flexibility index (Phi) is 4.50. The van der Waals surface area contributed by atoms with Crippen molar-refractivity contribution in [2.75, 3.05) is 6.26 Å². The summed E-state index contributed by atoms with van der Waals surface area (Å²) in [5.74, 6) is -0.340. The number of hydrogen-bond donors (Lipinski definition) is 1. The van der Waals surface area contributed by atoms with Gasteiger partial charge in [0.2, 0.25) is 0 Å². The van der Waals surface area contributed by atoms with Crippen molar-refractivity contribution in [2.24, 2.45) is 0 Å². The molecule has 7 nitrogen and oxygen atoms in total. The molecule has 3 rings (SSSR count). The number of aromatic nitrogens is 3. The predicted molar refractivity (Wildman–Crippen MR) is 94.1 cm³/mol. The number of fused-ring (bicyclic) bond motifs is 1. The Morgan fingerprint density at radius 2 is 1.93 bits per heavy atom. The normalized spacial score (nSPS) is 12.6. The molecule has 2 heterocycles. The number of sulfone groups is 1. The van der Waals surface area contributed by atoms with Gasteiger partial charge >= 0.3 is 11.9 Å². The van der Waals surface area contributed by atoms with Crippen LogP contribution in [0, 0.1) is 6.92 Å². The first kappa shape index (κ1) is 19.3. The summed E-state index contributed by atoms with van der Waals surface area (Å²) in [5.41, 5.74) is -4.15. The first-order valence-corrected chi connectivity index (χ1v) is 10.2. The van der Waals surface area contributed by atoms with Gasteiger partial charge < -0.3 is 4.98 Å². The number of aromatic amines is 1. The van der Waals surface area contributed by atoms with Crippen molar-refractivity contribution >= 4 is 31.5 Å². The van der Waals surface area contributed by atoms with Gasteiger partial charge in [-0.05, 0) is 36.7 Å². The van der Waals surface area contributed by atoms with Crippen molar-refractivity contribution in [1.82, 2.24) is 13.9 Å². The number of benzene rings is 1. The van der Waals surface area contributed by atoms with Gasteiger partial charge in [-0.25, -0.2) is 17.8 Å². The topological polar surface area (TPSA) is 102 Å².